The van der Waals surface area contributed by atoms with Crippen LogP contribution in [0.15, 0.2) is 24.3 Å². The molecule has 2 rings (SSSR count). The monoisotopic (exact) mass is 543 g/mol. The van der Waals surface area contributed by atoms with Crippen molar-refractivity contribution in [1.29, 1.82) is 0 Å². The van der Waals surface area contributed by atoms with Gasteiger partial charge in [-0.15, -0.1) is 0 Å². The van der Waals surface area contributed by atoms with Gasteiger partial charge in [-0.1, -0.05) is 127 Å². The van der Waals surface area contributed by atoms with Gasteiger partial charge in [0.1, 0.15) is 0 Å². The van der Waals surface area contributed by atoms with E-state index in [-0.39, 0.29) is 12.2 Å². The van der Waals surface area contributed by atoms with Gasteiger partial charge in [-0.05, 0) is 37.5 Å². The minimum atomic E-state index is -0.896. The van der Waals surface area contributed by atoms with Crippen LogP contribution in [0.25, 0.3) is 0 Å². The van der Waals surface area contributed by atoms with Gasteiger partial charge in [0.2, 0.25) is 0 Å². The fourth-order valence-corrected chi connectivity index (χ4v) is 5.73. The number of carbonyl (C=O) groups excluding carboxylic acids is 1. The molecular weight excluding hydrogens is 494 g/mol. The van der Waals surface area contributed by atoms with Crippen molar-refractivity contribution in [1.82, 2.24) is 4.57 Å². The Balaban J connectivity index is 1.74. The lowest BCUT2D eigenvalue weighted by molar-refractivity contribution is -0.136. The molecule has 1 N–H and O–H groups in total. The second-order valence-electron chi connectivity index (χ2n) is 10.9. The summed E-state index contributed by atoms with van der Waals surface area (Å²) in [4.78, 5) is 24.8. The number of unbranched alkanes of at least 4 members (excludes halogenated alkanes) is 14. The number of Topliss-reactive ketones (excluding diaryl/α,β-unsaturated/α-hetero) is 1. The lowest BCUT2D eigenvalue weighted by Crippen LogP contribution is -2.11. The highest BCUT2D eigenvalue weighted by molar-refractivity contribution is 6.31. The van der Waals surface area contributed by atoms with Gasteiger partial charge in [0.15, 0.2) is 5.78 Å². The summed E-state index contributed by atoms with van der Waals surface area (Å²) in [6.07, 6.45) is 19.9. The van der Waals surface area contributed by atoms with Crippen molar-refractivity contribution in [2.45, 2.75) is 136 Å². The van der Waals surface area contributed by atoms with Gasteiger partial charge in [-0.3, -0.25) is 9.59 Å². The zero-order chi connectivity index (χ0) is 27.8. The van der Waals surface area contributed by atoms with E-state index in [0.29, 0.717) is 29.2 Å². The average Bonchev–Trinajstić information content (AvgIpc) is 3.11. The Kier molecular flexibility index (Phi) is 15.4. The van der Waals surface area contributed by atoms with Crippen molar-refractivity contribution < 1.29 is 14.7 Å². The molecule has 0 aliphatic rings. The Morgan fingerprint density at radius 2 is 1.29 bits per heavy atom. The minimum absolute atomic E-state index is 0.108. The number of aromatic nitrogens is 1. The van der Waals surface area contributed by atoms with E-state index in [1.807, 2.05) is 42.7 Å². The molecule has 4 nitrogen and oxygen atoms in total. The fraction of sp³-hybridized carbons (Fsp3) is 0.636. The summed E-state index contributed by atoms with van der Waals surface area (Å²) in [6.45, 7) is 6.54. The van der Waals surface area contributed by atoms with Crippen LogP contribution in [0.2, 0.25) is 5.02 Å². The van der Waals surface area contributed by atoms with Crippen molar-refractivity contribution in [3.63, 3.8) is 0 Å². The summed E-state index contributed by atoms with van der Waals surface area (Å²) in [6, 6.07) is 7.58. The van der Waals surface area contributed by atoms with Crippen LogP contribution in [0.3, 0.4) is 0 Å². The number of carboxylic acid groups (broad SMARTS) is 1. The van der Waals surface area contributed by atoms with Crippen molar-refractivity contribution >= 4 is 23.4 Å². The molecule has 0 saturated heterocycles. The molecule has 0 radical (unpaired) electrons. The topological polar surface area (TPSA) is 59.3 Å². The van der Waals surface area contributed by atoms with Gasteiger partial charge >= 0.3 is 5.97 Å². The molecule has 0 aliphatic carbocycles. The van der Waals surface area contributed by atoms with E-state index in [9.17, 15) is 14.7 Å². The van der Waals surface area contributed by atoms with Crippen LogP contribution in [-0.4, -0.2) is 21.4 Å². The van der Waals surface area contributed by atoms with Crippen LogP contribution in [0.5, 0.6) is 0 Å². The third kappa shape index (κ3) is 11.0. The van der Waals surface area contributed by atoms with E-state index in [2.05, 4.69) is 6.92 Å². The molecule has 212 valence electrons. The molecule has 0 aliphatic heterocycles. The van der Waals surface area contributed by atoms with Crippen molar-refractivity contribution in [3.05, 3.63) is 57.4 Å². The normalized spacial score (nSPS) is 11.3. The number of carbonyl (C=O) groups is 2. The maximum absolute atomic E-state index is 13.2. The molecular formula is C33H50ClNO3. The molecule has 1 aromatic carbocycles. The number of nitrogens with zero attached hydrogens (tertiary/aromatic N) is 1. The zero-order valence-corrected chi connectivity index (χ0v) is 24.9. The second kappa shape index (κ2) is 18.3. The minimum Gasteiger partial charge on any atom is -0.481 e. The Bertz CT molecular complexity index is 994. The second-order valence-corrected chi connectivity index (χ2v) is 11.3. The average molecular weight is 544 g/mol. The van der Waals surface area contributed by atoms with Crippen LogP contribution < -0.4 is 0 Å². The van der Waals surface area contributed by atoms with Gasteiger partial charge < -0.3 is 9.67 Å². The largest absolute Gasteiger partial charge is 0.481 e. The summed E-state index contributed by atoms with van der Waals surface area (Å²) >= 11 is 6.37. The first-order chi connectivity index (χ1) is 18.4. The van der Waals surface area contributed by atoms with Crippen molar-refractivity contribution in [2.75, 3.05) is 0 Å². The van der Waals surface area contributed by atoms with Crippen LogP contribution >= 0.6 is 11.6 Å². The van der Waals surface area contributed by atoms with Gasteiger partial charge in [-0.2, -0.15) is 0 Å². The summed E-state index contributed by atoms with van der Waals surface area (Å²) in [5, 5.41) is 10.1. The molecule has 0 amide bonds. The van der Waals surface area contributed by atoms with Crippen molar-refractivity contribution in [2.24, 2.45) is 0 Å². The smallest absolute Gasteiger partial charge is 0.309 e. The summed E-state index contributed by atoms with van der Waals surface area (Å²) in [7, 11) is 0. The van der Waals surface area contributed by atoms with E-state index >= 15 is 0 Å². The summed E-state index contributed by atoms with van der Waals surface area (Å²) < 4.78 is 1.96. The molecule has 38 heavy (non-hydrogen) atoms. The van der Waals surface area contributed by atoms with Crippen LogP contribution in [0.1, 0.15) is 143 Å². The highest BCUT2D eigenvalue weighted by Crippen LogP contribution is 2.28. The lowest BCUT2D eigenvalue weighted by atomic mass is 9.99. The molecule has 0 bridgehead atoms. The first-order valence-electron chi connectivity index (χ1n) is 15.0. The molecule has 0 spiro atoms. The predicted molar refractivity (Wildman–Crippen MR) is 160 cm³/mol. The molecule has 5 heteroatoms. The first-order valence-corrected chi connectivity index (χ1v) is 15.4. The van der Waals surface area contributed by atoms with Crippen LogP contribution in [0, 0.1) is 13.8 Å². The molecule has 0 saturated carbocycles. The maximum Gasteiger partial charge on any atom is 0.309 e. The number of halogens is 1. The Morgan fingerprint density at radius 1 is 0.789 bits per heavy atom. The third-order valence-electron chi connectivity index (χ3n) is 7.79. The number of hydrogen-bond acceptors (Lipinski definition) is 2. The predicted octanol–water partition coefficient (Wildman–Crippen LogP) is 9.88. The number of hydrogen-bond donors (Lipinski definition) is 1. The Morgan fingerprint density at radius 3 is 1.79 bits per heavy atom. The van der Waals surface area contributed by atoms with E-state index in [1.165, 1.54) is 83.5 Å². The Labute approximate surface area is 236 Å². The Hall–Kier alpha value is -2.07. The maximum atomic E-state index is 13.2. The SMILES string of the molecule is CCCCCCCCCCCCCCCCCC(=O)c1c(C)c(CC(=O)O)n(Cc2ccccc2Cl)c1C. The molecule has 1 heterocycles. The molecule has 0 atom stereocenters. The standard InChI is InChI=1S/C33H50ClNO3/c1-4-5-6-7-8-9-10-11-12-13-14-15-16-17-18-23-31(36)33-26(2)30(24-32(37)38)35(27(33)3)25-28-21-19-20-22-29(28)34/h19-22H,4-18,23-25H2,1-3H3,(H,37,38). The highest BCUT2D eigenvalue weighted by atomic mass is 35.5. The zero-order valence-electron chi connectivity index (χ0n) is 24.1. The van der Waals surface area contributed by atoms with Gasteiger partial charge in [0.05, 0.1) is 6.42 Å². The number of ketones is 1. The fourth-order valence-electron chi connectivity index (χ4n) is 5.53. The van der Waals surface area contributed by atoms with Crippen LogP contribution in [-0.2, 0) is 17.8 Å². The molecule has 1 aromatic heterocycles. The highest BCUT2D eigenvalue weighted by Gasteiger charge is 2.23. The van der Waals surface area contributed by atoms with Gasteiger partial charge in [0, 0.05) is 34.9 Å². The molecule has 2 aromatic rings. The summed E-state index contributed by atoms with van der Waals surface area (Å²) in [5.74, 6) is -0.772. The van der Waals surface area contributed by atoms with Gasteiger partial charge in [0.25, 0.3) is 0 Å². The number of benzene rings is 1. The van der Waals surface area contributed by atoms with Crippen LogP contribution in [0.4, 0.5) is 0 Å². The quantitative estimate of drug-likeness (QED) is 0.126. The lowest BCUT2D eigenvalue weighted by Gasteiger charge is -2.12. The number of aliphatic carboxylic acids is 1. The summed E-state index contributed by atoms with van der Waals surface area (Å²) in [5.41, 5.74) is 3.93. The van der Waals surface area contributed by atoms with E-state index in [1.54, 1.807) is 0 Å². The van der Waals surface area contributed by atoms with Gasteiger partial charge in [-0.25, -0.2) is 0 Å². The number of carboxylic acids is 1. The van der Waals surface area contributed by atoms with Crippen molar-refractivity contribution in [3.8, 4) is 0 Å². The van der Waals surface area contributed by atoms with E-state index < -0.39 is 5.97 Å². The molecule has 0 unspecified atom stereocenters. The first kappa shape index (κ1) is 32.1. The van der Waals surface area contributed by atoms with E-state index in [0.717, 1.165) is 29.7 Å². The van der Waals surface area contributed by atoms with E-state index in [4.69, 9.17) is 11.6 Å². The molecule has 0 fully saturated rings. The third-order valence-corrected chi connectivity index (χ3v) is 8.16. The number of rotatable bonds is 21.